The van der Waals surface area contributed by atoms with Gasteiger partial charge in [-0.2, -0.15) is 5.26 Å². The Hall–Kier alpha value is -2.51. The van der Waals surface area contributed by atoms with Crippen molar-refractivity contribution in [1.29, 1.82) is 5.26 Å². The molecule has 0 spiro atoms. The first-order valence-electron chi connectivity index (χ1n) is 7.88. The number of carbonyl (C=O) groups excluding carboxylic acids is 1. The summed E-state index contributed by atoms with van der Waals surface area (Å²) in [5.74, 6) is 0.812. The van der Waals surface area contributed by atoms with Crippen molar-refractivity contribution in [2.45, 2.75) is 18.8 Å². The van der Waals surface area contributed by atoms with E-state index in [1.807, 2.05) is 30.3 Å². The maximum absolute atomic E-state index is 12.2. The predicted octanol–water partition coefficient (Wildman–Crippen LogP) is 4.59. The largest absolute Gasteiger partial charge is 0.415 e. The van der Waals surface area contributed by atoms with E-state index in [9.17, 15) is 10.1 Å². The van der Waals surface area contributed by atoms with E-state index in [1.54, 1.807) is 23.1 Å². The molecule has 0 aromatic heterocycles. The van der Waals surface area contributed by atoms with Crippen LogP contribution in [0.5, 0.6) is 5.75 Å². The number of carbonyl (C=O) groups is 1. The molecule has 0 saturated carbocycles. The number of benzene rings is 2. The molecule has 5 heteroatoms. The summed E-state index contributed by atoms with van der Waals surface area (Å²) in [5, 5.41) is 9.85. The monoisotopic (exact) mass is 340 g/mol. The summed E-state index contributed by atoms with van der Waals surface area (Å²) in [6.45, 7) is 1.23. The average molecular weight is 341 g/mol. The van der Waals surface area contributed by atoms with Crippen LogP contribution in [0.25, 0.3) is 0 Å². The molecule has 0 N–H and O–H groups in total. The molecule has 1 aliphatic rings. The van der Waals surface area contributed by atoms with Gasteiger partial charge in [0.1, 0.15) is 5.75 Å². The minimum absolute atomic E-state index is 0.262. The molecule has 3 rings (SSSR count). The first-order chi connectivity index (χ1) is 11.7. The molecular formula is C19H17ClN2O2. The highest BCUT2D eigenvalue weighted by molar-refractivity contribution is 6.30. The first kappa shape index (κ1) is 16.4. The average Bonchev–Trinajstić information content (AvgIpc) is 2.62. The van der Waals surface area contributed by atoms with Crippen LogP contribution in [-0.4, -0.2) is 24.1 Å². The van der Waals surface area contributed by atoms with E-state index in [2.05, 4.69) is 6.07 Å². The number of rotatable bonds is 2. The number of ether oxygens (including phenoxy) is 1. The lowest BCUT2D eigenvalue weighted by Gasteiger charge is -2.31. The number of nitrogens with zero attached hydrogens (tertiary/aromatic N) is 2. The number of halogens is 1. The zero-order chi connectivity index (χ0) is 16.9. The standard InChI is InChI=1S/C19H17ClN2O2/c20-16-6-7-18(15(12-16)13-21)14-8-10-22(11-9-14)19(23)24-17-4-2-1-3-5-17/h1-7,12,14H,8-11H2. The third-order valence-electron chi connectivity index (χ3n) is 4.28. The number of nitriles is 1. The zero-order valence-corrected chi connectivity index (χ0v) is 13.9. The van der Waals surface area contributed by atoms with Gasteiger partial charge < -0.3 is 9.64 Å². The van der Waals surface area contributed by atoms with E-state index in [-0.39, 0.29) is 12.0 Å². The molecule has 0 aliphatic carbocycles. The number of piperidine rings is 1. The fourth-order valence-corrected chi connectivity index (χ4v) is 3.18. The summed E-state index contributed by atoms with van der Waals surface area (Å²) in [4.78, 5) is 13.9. The lowest BCUT2D eigenvalue weighted by Crippen LogP contribution is -2.39. The number of hydrogen-bond acceptors (Lipinski definition) is 3. The Bertz CT molecular complexity index is 763. The van der Waals surface area contributed by atoms with Crippen molar-refractivity contribution in [3.63, 3.8) is 0 Å². The Balaban J connectivity index is 1.62. The number of amides is 1. The molecule has 1 fully saturated rings. The van der Waals surface area contributed by atoms with Gasteiger partial charge in [0.05, 0.1) is 11.6 Å². The second-order valence-electron chi connectivity index (χ2n) is 5.79. The molecule has 1 amide bonds. The molecule has 2 aromatic rings. The molecule has 122 valence electrons. The highest BCUT2D eigenvalue weighted by atomic mass is 35.5. The summed E-state index contributed by atoms with van der Waals surface area (Å²) in [7, 11) is 0. The summed E-state index contributed by atoms with van der Waals surface area (Å²) in [6.07, 6.45) is 1.29. The third-order valence-corrected chi connectivity index (χ3v) is 4.51. The molecule has 0 unspecified atom stereocenters. The van der Waals surface area contributed by atoms with Crippen LogP contribution in [0.2, 0.25) is 5.02 Å². The van der Waals surface area contributed by atoms with E-state index < -0.39 is 0 Å². The van der Waals surface area contributed by atoms with Crippen LogP contribution < -0.4 is 4.74 Å². The van der Waals surface area contributed by atoms with Gasteiger partial charge in [-0.25, -0.2) is 4.79 Å². The smallest absolute Gasteiger partial charge is 0.410 e. The lowest BCUT2D eigenvalue weighted by molar-refractivity contribution is 0.138. The topological polar surface area (TPSA) is 53.3 Å². The molecule has 1 heterocycles. The molecule has 4 nitrogen and oxygen atoms in total. The SMILES string of the molecule is N#Cc1cc(Cl)ccc1C1CCN(C(=O)Oc2ccccc2)CC1. The van der Waals surface area contributed by atoms with Gasteiger partial charge in [0.25, 0.3) is 0 Å². The van der Waals surface area contributed by atoms with Crippen molar-refractivity contribution < 1.29 is 9.53 Å². The summed E-state index contributed by atoms with van der Waals surface area (Å²) >= 11 is 5.96. The first-order valence-corrected chi connectivity index (χ1v) is 8.26. The van der Waals surface area contributed by atoms with Crippen molar-refractivity contribution in [2.24, 2.45) is 0 Å². The van der Waals surface area contributed by atoms with Crippen LogP contribution in [-0.2, 0) is 0 Å². The van der Waals surface area contributed by atoms with Crippen LogP contribution in [0.15, 0.2) is 48.5 Å². The van der Waals surface area contributed by atoms with Crippen molar-refractivity contribution in [3.8, 4) is 11.8 Å². The minimum Gasteiger partial charge on any atom is -0.410 e. The van der Waals surface area contributed by atoms with Gasteiger partial charge >= 0.3 is 6.09 Å². The van der Waals surface area contributed by atoms with Crippen LogP contribution >= 0.6 is 11.6 Å². The fraction of sp³-hybridized carbons (Fsp3) is 0.263. The highest BCUT2D eigenvalue weighted by Gasteiger charge is 2.26. The maximum atomic E-state index is 12.2. The quantitative estimate of drug-likeness (QED) is 0.803. The fourth-order valence-electron chi connectivity index (χ4n) is 3.01. The van der Waals surface area contributed by atoms with Crippen molar-refractivity contribution in [1.82, 2.24) is 4.90 Å². The number of likely N-dealkylation sites (tertiary alicyclic amines) is 1. The molecule has 0 atom stereocenters. The predicted molar refractivity (Wildman–Crippen MR) is 92.2 cm³/mol. The van der Waals surface area contributed by atoms with Gasteiger partial charge in [-0.3, -0.25) is 0 Å². The second-order valence-corrected chi connectivity index (χ2v) is 6.22. The summed E-state index contributed by atoms with van der Waals surface area (Å²) in [5.41, 5.74) is 1.63. The molecule has 1 saturated heterocycles. The van der Waals surface area contributed by atoms with Crippen LogP contribution in [0.4, 0.5) is 4.79 Å². The van der Waals surface area contributed by atoms with Gasteiger partial charge in [0, 0.05) is 18.1 Å². The Labute approximate surface area is 146 Å². The molecule has 0 radical (unpaired) electrons. The Kier molecular flexibility index (Phi) is 5.02. The molecular weight excluding hydrogens is 324 g/mol. The van der Waals surface area contributed by atoms with Gasteiger partial charge in [-0.1, -0.05) is 35.9 Å². The van der Waals surface area contributed by atoms with Crippen molar-refractivity contribution >= 4 is 17.7 Å². The Morgan fingerprint density at radius 3 is 2.54 bits per heavy atom. The molecule has 0 bridgehead atoms. The van der Waals surface area contributed by atoms with E-state index >= 15 is 0 Å². The molecule has 24 heavy (non-hydrogen) atoms. The van der Waals surface area contributed by atoms with Crippen molar-refractivity contribution in [2.75, 3.05) is 13.1 Å². The third kappa shape index (κ3) is 3.69. The van der Waals surface area contributed by atoms with Gasteiger partial charge in [-0.15, -0.1) is 0 Å². The van der Waals surface area contributed by atoms with E-state index in [0.717, 1.165) is 18.4 Å². The summed E-state index contributed by atoms with van der Waals surface area (Å²) in [6, 6.07) is 16.7. The van der Waals surface area contributed by atoms with E-state index in [0.29, 0.717) is 29.4 Å². The maximum Gasteiger partial charge on any atom is 0.415 e. The van der Waals surface area contributed by atoms with Crippen LogP contribution in [0.3, 0.4) is 0 Å². The molecule has 1 aliphatic heterocycles. The van der Waals surface area contributed by atoms with Crippen molar-refractivity contribution in [3.05, 3.63) is 64.7 Å². The Morgan fingerprint density at radius 2 is 1.88 bits per heavy atom. The van der Waals surface area contributed by atoms with Gasteiger partial charge in [0.15, 0.2) is 0 Å². The normalized spacial score (nSPS) is 14.9. The lowest BCUT2D eigenvalue weighted by atomic mass is 9.87. The number of para-hydroxylation sites is 1. The van der Waals surface area contributed by atoms with Crippen LogP contribution in [0, 0.1) is 11.3 Å². The Morgan fingerprint density at radius 1 is 1.17 bits per heavy atom. The van der Waals surface area contributed by atoms with Gasteiger partial charge in [0.2, 0.25) is 0 Å². The van der Waals surface area contributed by atoms with E-state index in [4.69, 9.17) is 16.3 Å². The second kappa shape index (κ2) is 7.37. The molecule has 2 aromatic carbocycles. The summed E-state index contributed by atoms with van der Waals surface area (Å²) < 4.78 is 5.37. The van der Waals surface area contributed by atoms with Crippen LogP contribution in [0.1, 0.15) is 29.9 Å². The zero-order valence-electron chi connectivity index (χ0n) is 13.1. The minimum atomic E-state index is -0.323. The number of hydrogen-bond donors (Lipinski definition) is 0. The highest BCUT2D eigenvalue weighted by Crippen LogP contribution is 2.31. The van der Waals surface area contributed by atoms with E-state index in [1.165, 1.54) is 0 Å². The van der Waals surface area contributed by atoms with Gasteiger partial charge in [-0.05, 0) is 48.6 Å².